The standard InChI is InChI=1S/C23H17BrFN7O2S3/c24-13-8-11(4-5-14(13)25)18-12(9-26)20(27)32(15-2-1-3-16(33)19(15)18)22-30-31-23(37-22)36-10-17(34)29-21-28-6-7-35-21/h4-8,18H,1-3,10,27H2,(H,28,29,34). The van der Waals surface area contributed by atoms with Crippen LogP contribution in [-0.4, -0.2) is 32.6 Å². The number of carbonyl (C=O) groups excluding carboxylic acids is 2. The number of nitrogens with one attached hydrogen (secondary N) is 1. The second-order valence-corrected chi connectivity index (χ2v) is 11.9. The Kier molecular flexibility index (Phi) is 7.38. The lowest BCUT2D eigenvalue weighted by atomic mass is 9.76. The molecule has 1 aliphatic heterocycles. The van der Waals surface area contributed by atoms with Gasteiger partial charge in [-0.15, -0.1) is 21.5 Å². The molecular weight excluding hydrogens is 601 g/mol. The first-order chi connectivity index (χ1) is 17.9. The van der Waals surface area contributed by atoms with Gasteiger partial charge in [0.05, 0.1) is 27.8 Å². The second kappa shape index (κ2) is 10.7. The molecule has 1 atom stereocenters. The van der Waals surface area contributed by atoms with E-state index in [-0.39, 0.29) is 33.3 Å². The van der Waals surface area contributed by atoms with Crippen molar-refractivity contribution >= 4 is 72.3 Å². The van der Waals surface area contributed by atoms with E-state index in [1.807, 2.05) is 0 Å². The molecule has 1 aromatic carbocycles. The summed E-state index contributed by atoms with van der Waals surface area (Å²) in [6.45, 7) is 0. The van der Waals surface area contributed by atoms with E-state index < -0.39 is 11.7 Å². The first kappa shape index (κ1) is 25.5. The number of hydrogen-bond acceptors (Lipinski definition) is 11. The molecule has 0 saturated heterocycles. The Hall–Kier alpha value is -3.12. The van der Waals surface area contributed by atoms with Crippen LogP contribution in [0.3, 0.4) is 0 Å². The number of rotatable bonds is 6. The van der Waals surface area contributed by atoms with Crippen LogP contribution in [-0.2, 0) is 9.59 Å². The quantitative estimate of drug-likeness (QED) is 0.368. The van der Waals surface area contributed by atoms with Gasteiger partial charge < -0.3 is 11.1 Å². The molecular formula is C23H17BrFN7O2S3. The van der Waals surface area contributed by atoms with Gasteiger partial charge in [0.2, 0.25) is 11.0 Å². The number of Topliss-reactive ketones (excluding diaryl/α,β-unsaturated/α-hetero) is 1. The number of halogens is 2. The Morgan fingerprint density at radius 2 is 2.22 bits per heavy atom. The number of nitrogens with two attached hydrogens (primary N) is 1. The fourth-order valence-corrected chi connectivity index (χ4v) is 6.87. The lowest BCUT2D eigenvalue weighted by molar-refractivity contribution is -0.116. The topological polar surface area (TPSA) is 138 Å². The van der Waals surface area contributed by atoms with Gasteiger partial charge in [-0.25, -0.2) is 9.37 Å². The average molecular weight is 619 g/mol. The second-order valence-electron chi connectivity index (χ2n) is 8.01. The molecule has 14 heteroatoms. The predicted octanol–water partition coefficient (Wildman–Crippen LogP) is 4.93. The van der Waals surface area contributed by atoms with Crippen molar-refractivity contribution in [3.63, 3.8) is 0 Å². The number of carbonyl (C=O) groups is 2. The van der Waals surface area contributed by atoms with Crippen LogP contribution in [0, 0.1) is 17.1 Å². The summed E-state index contributed by atoms with van der Waals surface area (Å²) < 4.78 is 14.7. The summed E-state index contributed by atoms with van der Waals surface area (Å²) in [5.41, 5.74) is 8.43. The molecule has 2 aromatic heterocycles. The van der Waals surface area contributed by atoms with Gasteiger partial charge in [0.1, 0.15) is 11.6 Å². The minimum Gasteiger partial charge on any atom is -0.384 e. The van der Waals surface area contributed by atoms with E-state index in [0.29, 0.717) is 50.7 Å². The largest absolute Gasteiger partial charge is 0.384 e. The van der Waals surface area contributed by atoms with Gasteiger partial charge in [0, 0.05) is 29.3 Å². The number of thioether (sulfide) groups is 1. The lowest BCUT2D eigenvalue weighted by Crippen LogP contribution is -2.38. The van der Waals surface area contributed by atoms with E-state index in [2.05, 4.69) is 42.5 Å². The van der Waals surface area contributed by atoms with Crippen molar-refractivity contribution in [3.05, 3.63) is 68.3 Å². The lowest BCUT2D eigenvalue weighted by Gasteiger charge is -2.38. The molecule has 5 rings (SSSR count). The van der Waals surface area contributed by atoms with Crippen LogP contribution in [0.1, 0.15) is 30.7 Å². The number of ketones is 1. The molecule has 3 N–H and O–H groups in total. The molecule has 0 spiro atoms. The monoisotopic (exact) mass is 617 g/mol. The Morgan fingerprint density at radius 1 is 1.38 bits per heavy atom. The summed E-state index contributed by atoms with van der Waals surface area (Å²) in [5, 5.41) is 23.9. The van der Waals surface area contributed by atoms with Crippen LogP contribution >= 0.6 is 50.4 Å². The van der Waals surface area contributed by atoms with E-state index in [1.54, 1.807) is 28.6 Å². The van der Waals surface area contributed by atoms with Crippen molar-refractivity contribution in [1.29, 1.82) is 5.26 Å². The fourth-order valence-electron chi connectivity index (χ4n) is 4.25. The fraction of sp³-hybridized carbons (Fsp3) is 0.217. The zero-order valence-electron chi connectivity index (χ0n) is 18.9. The summed E-state index contributed by atoms with van der Waals surface area (Å²) in [6, 6.07) is 6.60. The highest BCUT2D eigenvalue weighted by Gasteiger charge is 2.41. The number of benzene rings is 1. The summed E-state index contributed by atoms with van der Waals surface area (Å²) in [6.07, 6.45) is 3.13. The molecule has 1 aliphatic carbocycles. The van der Waals surface area contributed by atoms with E-state index in [1.165, 1.54) is 40.5 Å². The molecule has 37 heavy (non-hydrogen) atoms. The SMILES string of the molecule is N#CC1=C(N)N(c2nnc(SCC(=O)Nc3nccs3)s2)C2=C(C(=O)CCC2)C1c1ccc(F)c(Br)c1. The Labute approximate surface area is 231 Å². The van der Waals surface area contributed by atoms with Gasteiger partial charge in [-0.3, -0.25) is 14.5 Å². The van der Waals surface area contributed by atoms with E-state index >= 15 is 0 Å². The van der Waals surface area contributed by atoms with Crippen LogP contribution in [0.15, 0.2) is 61.3 Å². The third-order valence-electron chi connectivity index (χ3n) is 5.78. The van der Waals surface area contributed by atoms with E-state index in [9.17, 15) is 19.2 Å². The summed E-state index contributed by atoms with van der Waals surface area (Å²) in [5.74, 6) is -1.21. The third-order valence-corrected chi connectivity index (χ3v) is 9.12. The number of nitriles is 1. The molecule has 188 valence electrons. The van der Waals surface area contributed by atoms with E-state index in [4.69, 9.17) is 5.73 Å². The first-order valence-electron chi connectivity index (χ1n) is 10.9. The first-order valence-corrected chi connectivity index (χ1v) is 14.4. The van der Waals surface area contributed by atoms with Crippen LogP contribution in [0.2, 0.25) is 0 Å². The number of hydrogen-bond donors (Lipinski definition) is 2. The minimum atomic E-state index is -0.711. The van der Waals surface area contributed by atoms with Crippen molar-refractivity contribution in [2.75, 3.05) is 16.0 Å². The number of thiazole rings is 1. The Morgan fingerprint density at radius 3 is 2.95 bits per heavy atom. The highest BCUT2D eigenvalue weighted by Crippen LogP contribution is 2.47. The van der Waals surface area contributed by atoms with Crippen molar-refractivity contribution in [3.8, 4) is 6.07 Å². The zero-order valence-corrected chi connectivity index (χ0v) is 22.9. The maximum atomic E-state index is 13.9. The van der Waals surface area contributed by atoms with Gasteiger partial charge in [-0.1, -0.05) is 29.2 Å². The summed E-state index contributed by atoms with van der Waals surface area (Å²) in [7, 11) is 0. The van der Waals surface area contributed by atoms with Crippen LogP contribution in [0.4, 0.5) is 14.7 Å². The molecule has 1 amide bonds. The summed E-state index contributed by atoms with van der Waals surface area (Å²) >= 11 is 6.95. The Balaban J connectivity index is 1.47. The molecule has 0 radical (unpaired) electrons. The number of amides is 1. The molecule has 2 aliphatic rings. The van der Waals surface area contributed by atoms with E-state index in [0.717, 1.165) is 0 Å². The van der Waals surface area contributed by atoms with Gasteiger partial charge in [0.15, 0.2) is 15.3 Å². The van der Waals surface area contributed by atoms with Gasteiger partial charge in [-0.2, -0.15) is 5.26 Å². The Bertz CT molecular complexity index is 1500. The smallest absolute Gasteiger partial charge is 0.236 e. The highest BCUT2D eigenvalue weighted by molar-refractivity contribution is 9.10. The molecule has 0 bridgehead atoms. The average Bonchev–Trinajstić information content (AvgIpc) is 3.56. The number of nitrogens with zero attached hydrogens (tertiary/aromatic N) is 5. The number of aromatic nitrogens is 3. The molecule has 9 nitrogen and oxygen atoms in total. The molecule has 1 unspecified atom stereocenters. The normalized spacial score (nSPS) is 17.6. The van der Waals surface area contributed by atoms with Crippen molar-refractivity contribution < 1.29 is 14.0 Å². The van der Waals surface area contributed by atoms with Gasteiger partial charge in [0.25, 0.3) is 0 Å². The maximum Gasteiger partial charge on any atom is 0.236 e. The number of anilines is 2. The van der Waals surface area contributed by atoms with Crippen molar-refractivity contribution in [2.45, 2.75) is 29.5 Å². The van der Waals surface area contributed by atoms with Gasteiger partial charge >= 0.3 is 0 Å². The van der Waals surface area contributed by atoms with Crippen molar-refractivity contribution in [2.24, 2.45) is 5.73 Å². The predicted molar refractivity (Wildman–Crippen MR) is 143 cm³/mol. The maximum absolute atomic E-state index is 13.9. The van der Waals surface area contributed by atoms with Crippen LogP contribution < -0.4 is 16.0 Å². The molecule has 0 saturated carbocycles. The third kappa shape index (κ3) is 5.04. The van der Waals surface area contributed by atoms with Crippen molar-refractivity contribution in [1.82, 2.24) is 15.2 Å². The highest BCUT2D eigenvalue weighted by atomic mass is 79.9. The van der Waals surface area contributed by atoms with Crippen LogP contribution in [0.25, 0.3) is 0 Å². The van der Waals surface area contributed by atoms with Gasteiger partial charge in [-0.05, 0) is 46.5 Å². The minimum absolute atomic E-state index is 0.0880. The summed E-state index contributed by atoms with van der Waals surface area (Å²) in [4.78, 5) is 31.1. The molecule has 0 fully saturated rings. The molecule has 3 heterocycles. The van der Waals surface area contributed by atoms with Crippen LogP contribution in [0.5, 0.6) is 0 Å². The molecule has 3 aromatic rings. The zero-order chi connectivity index (χ0) is 26.1. The number of allylic oxidation sites excluding steroid dienone is 3.